The Hall–Kier alpha value is -1.95. The number of hydrogen-bond donors (Lipinski definition) is 3. The molecule has 0 aliphatic rings. The number of benzene rings is 1. The number of nitrogens with two attached hydrogens (primary N) is 1. The summed E-state index contributed by atoms with van der Waals surface area (Å²) in [5.74, 6) is -1.83. The van der Waals surface area contributed by atoms with Crippen LogP contribution in [0.4, 0.5) is 4.39 Å². The maximum Gasteiger partial charge on any atom is 0.326 e. The number of nitrogens with one attached hydrogen (secondary N) is 1. The van der Waals surface area contributed by atoms with E-state index >= 15 is 0 Å². The summed E-state index contributed by atoms with van der Waals surface area (Å²) in [6.07, 6.45) is 3.66. The van der Waals surface area contributed by atoms with E-state index in [0.717, 1.165) is 18.4 Å². The van der Waals surface area contributed by atoms with Gasteiger partial charge in [-0.05, 0) is 43.4 Å². The van der Waals surface area contributed by atoms with Gasteiger partial charge in [-0.1, -0.05) is 31.9 Å². The fraction of sp³-hybridized carbons (Fsp3) is 0.529. The Balaban J connectivity index is 2.45. The molecule has 1 unspecified atom stereocenters. The second-order valence-electron chi connectivity index (χ2n) is 5.67. The molecule has 128 valence electrons. The highest BCUT2D eigenvalue weighted by Gasteiger charge is 2.22. The van der Waals surface area contributed by atoms with E-state index < -0.39 is 24.0 Å². The maximum atomic E-state index is 13.1. The number of carboxylic acids is 1. The molecule has 1 amide bonds. The lowest BCUT2D eigenvalue weighted by Crippen LogP contribution is -2.48. The van der Waals surface area contributed by atoms with Crippen molar-refractivity contribution in [2.24, 2.45) is 5.73 Å². The summed E-state index contributed by atoms with van der Waals surface area (Å²) >= 11 is 0. The first-order chi connectivity index (χ1) is 10.9. The van der Waals surface area contributed by atoms with Crippen molar-refractivity contribution in [3.05, 3.63) is 35.6 Å². The van der Waals surface area contributed by atoms with E-state index in [4.69, 9.17) is 5.73 Å². The Morgan fingerprint density at radius 3 is 2.65 bits per heavy atom. The lowest BCUT2D eigenvalue weighted by atomic mass is 10.0. The Morgan fingerprint density at radius 1 is 1.30 bits per heavy atom. The number of rotatable bonds is 10. The Labute approximate surface area is 136 Å². The van der Waals surface area contributed by atoms with Gasteiger partial charge in [-0.3, -0.25) is 4.79 Å². The molecule has 0 aliphatic carbocycles. The van der Waals surface area contributed by atoms with Gasteiger partial charge in [0.15, 0.2) is 0 Å². The number of hydrogen-bond acceptors (Lipinski definition) is 3. The van der Waals surface area contributed by atoms with Crippen molar-refractivity contribution in [1.29, 1.82) is 0 Å². The highest BCUT2D eigenvalue weighted by Crippen LogP contribution is 2.09. The van der Waals surface area contributed by atoms with E-state index in [-0.39, 0.29) is 12.2 Å². The molecule has 0 radical (unpaired) electrons. The van der Waals surface area contributed by atoms with Crippen molar-refractivity contribution in [2.75, 3.05) is 0 Å². The van der Waals surface area contributed by atoms with Crippen LogP contribution in [-0.2, 0) is 16.0 Å². The Kier molecular flexibility index (Phi) is 8.26. The lowest BCUT2D eigenvalue weighted by Gasteiger charge is -2.17. The molecule has 0 heterocycles. The molecule has 1 rings (SSSR count). The predicted molar refractivity (Wildman–Crippen MR) is 86.4 cm³/mol. The number of carbonyl (C=O) groups excluding carboxylic acids is 1. The second kappa shape index (κ2) is 9.94. The number of aliphatic carboxylic acids is 1. The molecule has 1 aromatic rings. The maximum absolute atomic E-state index is 13.1. The number of carbonyl (C=O) groups is 2. The van der Waals surface area contributed by atoms with Crippen LogP contribution in [-0.4, -0.2) is 29.1 Å². The van der Waals surface area contributed by atoms with Crippen LogP contribution in [0.3, 0.4) is 0 Å². The van der Waals surface area contributed by atoms with Gasteiger partial charge in [0.2, 0.25) is 5.91 Å². The lowest BCUT2D eigenvalue weighted by molar-refractivity contribution is -0.142. The molecule has 0 fully saturated rings. The van der Waals surface area contributed by atoms with Crippen LogP contribution < -0.4 is 11.1 Å². The van der Waals surface area contributed by atoms with Gasteiger partial charge in [0.05, 0.1) is 6.04 Å². The minimum Gasteiger partial charge on any atom is -0.480 e. The van der Waals surface area contributed by atoms with Gasteiger partial charge in [-0.2, -0.15) is 0 Å². The molecule has 6 heteroatoms. The molecular weight excluding hydrogens is 299 g/mol. The second-order valence-corrected chi connectivity index (χ2v) is 5.67. The fourth-order valence-electron chi connectivity index (χ4n) is 2.29. The Morgan fingerprint density at radius 2 is 2.04 bits per heavy atom. The average Bonchev–Trinajstić information content (AvgIpc) is 2.51. The van der Waals surface area contributed by atoms with Gasteiger partial charge in [0.25, 0.3) is 0 Å². The monoisotopic (exact) mass is 324 g/mol. The molecule has 0 saturated heterocycles. The van der Waals surface area contributed by atoms with Crippen molar-refractivity contribution >= 4 is 11.9 Å². The van der Waals surface area contributed by atoms with Crippen molar-refractivity contribution in [2.45, 2.75) is 57.5 Å². The summed E-state index contributed by atoms with van der Waals surface area (Å²) in [4.78, 5) is 23.1. The minimum atomic E-state index is -1.08. The zero-order chi connectivity index (χ0) is 17.2. The molecule has 23 heavy (non-hydrogen) atoms. The van der Waals surface area contributed by atoms with Crippen molar-refractivity contribution < 1.29 is 19.1 Å². The van der Waals surface area contributed by atoms with E-state index in [0.29, 0.717) is 19.3 Å². The van der Waals surface area contributed by atoms with Gasteiger partial charge >= 0.3 is 5.97 Å². The van der Waals surface area contributed by atoms with Crippen LogP contribution in [0.1, 0.15) is 44.6 Å². The predicted octanol–water partition coefficient (Wildman–Crippen LogP) is 2.24. The molecule has 4 N–H and O–H groups in total. The molecule has 0 aliphatic heterocycles. The average molecular weight is 324 g/mol. The smallest absolute Gasteiger partial charge is 0.326 e. The number of halogens is 1. The number of unbranched alkanes of at least 4 members (excludes halogenated alkanes) is 1. The van der Waals surface area contributed by atoms with Crippen LogP contribution in [0.2, 0.25) is 0 Å². The number of carboxylic acid groups (broad SMARTS) is 1. The third-order valence-electron chi connectivity index (χ3n) is 3.67. The van der Waals surface area contributed by atoms with Crippen LogP contribution in [0.25, 0.3) is 0 Å². The summed E-state index contributed by atoms with van der Waals surface area (Å²) in [5.41, 5.74) is 6.55. The first kappa shape index (κ1) is 19.1. The van der Waals surface area contributed by atoms with Crippen molar-refractivity contribution in [1.82, 2.24) is 5.32 Å². The van der Waals surface area contributed by atoms with Crippen LogP contribution >= 0.6 is 0 Å². The van der Waals surface area contributed by atoms with E-state index in [2.05, 4.69) is 5.32 Å². The largest absolute Gasteiger partial charge is 0.480 e. The van der Waals surface area contributed by atoms with Gasteiger partial charge in [0, 0.05) is 0 Å². The topological polar surface area (TPSA) is 92.4 Å². The standard InChI is InChI=1S/C17H25FN2O3/c1-2-3-9-14(19)16(21)20-15(17(22)23)10-5-7-12-6-4-8-13(18)11-12/h4,6,8,11,14-15H,2-3,5,7,9-10,19H2,1H3,(H,20,21)(H,22,23)/t14-,15?/m0/s1. The van der Waals surface area contributed by atoms with Crippen LogP contribution in [0.15, 0.2) is 24.3 Å². The van der Waals surface area contributed by atoms with Gasteiger partial charge in [0.1, 0.15) is 11.9 Å². The quantitative estimate of drug-likeness (QED) is 0.615. The molecule has 0 spiro atoms. The molecule has 2 atom stereocenters. The molecule has 5 nitrogen and oxygen atoms in total. The Bertz CT molecular complexity index is 522. The molecule has 0 saturated carbocycles. The zero-order valence-electron chi connectivity index (χ0n) is 13.4. The summed E-state index contributed by atoms with van der Waals surface area (Å²) in [6.45, 7) is 2.00. The van der Waals surface area contributed by atoms with E-state index in [9.17, 15) is 19.1 Å². The van der Waals surface area contributed by atoms with Crippen molar-refractivity contribution in [3.8, 4) is 0 Å². The molecule has 1 aromatic carbocycles. The number of aryl methyl sites for hydroxylation is 1. The first-order valence-electron chi connectivity index (χ1n) is 7.97. The fourth-order valence-corrected chi connectivity index (χ4v) is 2.29. The van der Waals surface area contributed by atoms with Crippen LogP contribution in [0.5, 0.6) is 0 Å². The van der Waals surface area contributed by atoms with Gasteiger partial charge in [-0.15, -0.1) is 0 Å². The summed E-state index contributed by atoms with van der Waals surface area (Å²) in [7, 11) is 0. The third kappa shape index (κ3) is 7.23. The highest BCUT2D eigenvalue weighted by molar-refractivity contribution is 5.86. The van der Waals surface area contributed by atoms with Gasteiger partial charge < -0.3 is 16.2 Å². The summed E-state index contributed by atoms with van der Waals surface area (Å²) < 4.78 is 13.1. The summed E-state index contributed by atoms with van der Waals surface area (Å²) in [5, 5.41) is 11.7. The normalized spacial score (nSPS) is 13.3. The number of amides is 1. The highest BCUT2D eigenvalue weighted by atomic mass is 19.1. The van der Waals surface area contributed by atoms with Crippen LogP contribution in [0, 0.1) is 5.82 Å². The first-order valence-corrected chi connectivity index (χ1v) is 7.97. The zero-order valence-corrected chi connectivity index (χ0v) is 13.4. The van der Waals surface area contributed by atoms with E-state index in [1.807, 2.05) is 6.92 Å². The van der Waals surface area contributed by atoms with E-state index in [1.54, 1.807) is 12.1 Å². The molecular formula is C17H25FN2O3. The minimum absolute atomic E-state index is 0.276. The SMILES string of the molecule is CCCC[C@H](N)C(=O)NC(CCCc1cccc(F)c1)C(=O)O. The molecule has 0 aromatic heterocycles. The van der Waals surface area contributed by atoms with E-state index in [1.165, 1.54) is 12.1 Å². The third-order valence-corrected chi connectivity index (χ3v) is 3.67. The summed E-state index contributed by atoms with van der Waals surface area (Å²) in [6, 6.07) is 4.55. The van der Waals surface area contributed by atoms with Gasteiger partial charge in [-0.25, -0.2) is 9.18 Å². The van der Waals surface area contributed by atoms with Crippen molar-refractivity contribution in [3.63, 3.8) is 0 Å². The molecule has 0 bridgehead atoms.